The molecule has 0 aromatic carbocycles. The monoisotopic (exact) mass is 384 g/mol. The normalized spacial score (nSPS) is 14.0. The van der Waals surface area contributed by atoms with Crippen LogP contribution in [0.25, 0.3) is 0 Å². The summed E-state index contributed by atoms with van der Waals surface area (Å²) in [4.78, 5) is 47.7. The van der Waals surface area contributed by atoms with E-state index in [0.717, 1.165) is 0 Å². The standard InChI is InChI=1S/C17H28N4O6/c1-10(20-16(25)27-17(3,4)5)13(22)21-12(8-7-9-18)14(23)19-11(2)15(24)26-6/h10-12H,7-8H2,1-6H3,(H,19,23)(H,20,25)(H,21,22)/t10-,11-,12-/m0/s1. The maximum absolute atomic E-state index is 12.3. The molecule has 0 aliphatic heterocycles. The van der Waals surface area contributed by atoms with E-state index >= 15 is 0 Å². The zero-order valence-corrected chi connectivity index (χ0v) is 16.5. The molecular formula is C17H28N4O6. The molecule has 3 atom stereocenters. The second-order valence-corrected chi connectivity index (χ2v) is 6.88. The number of nitrogens with zero attached hydrogens (tertiary/aromatic N) is 1. The van der Waals surface area contributed by atoms with Crippen molar-refractivity contribution in [2.75, 3.05) is 7.11 Å². The third kappa shape index (κ3) is 10.0. The Morgan fingerprint density at radius 3 is 2.07 bits per heavy atom. The zero-order chi connectivity index (χ0) is 21.2. The van der Waals surface area contributed by atoms with E-state index in [0.29, 0.717) is 0 Å². The second-order valence-electron chi connectivity index (χ2n) is 6.88. The van der Waals surface area contributed by atoms with Crippen molar-refractivity contribution in [3.63, 3.8) is 0 Å². The first kappa shape index (κ1) is 24.2. The van der Waals surface area contributed by atoms with Gasteiger partial charge in [-0.15, -0.1) is 0 Å². The molecule has 3 N–H and O–H groups in total. The van der Waals surface area contributed by atoms with Gasteiger partial charge in [-0.1, -0.05) is 0 Å². The van der Waals surface area contributed by atoms with E-state index in [4.69, 9.17) is 10.00 Å². The molecule has 0 bridgehead atoms. The minimum atomic E-state index is -1.05. The first-order valence-corrected chi connectivity index (χ1v) is 8.46. The molecule has 152 valence electrons. The van der Waals surface area contributed by atoms with Crippen LogP contribution in [0.1, 0.15) is 47.5 Å². The molecule has 0 aromatic rings. The molecule has 0 heterocycles. The summed E-state index contributed by atoms with van der Waals surface area (Å²) < 4.78 is 9.59. The number of methoxy groups -OCH3 is 1. The quantitative estimate of drug-likeness (QED) is 0.512. The summed E-state index contributed by atoms with van der Waals surface area (Å²) in [5, 5.41) is 16.0. The number of rotatable bonds is 8. The minimum Gasteiger partial charge on any atom is -0.467 e. The Labute approximate surface area is 158 Å². The van der Waals surface area contributed by atoms with Gasteiger partial charge in [0.15, 0.2) is 0 Å². The Bertz CT molecular complexity index is 593. The average molecular weight is 384 g/mol. The highest BCUT2D eigenvalue weighted by Gasteiger charge is 2.27. The molecule has 0 saturated carbocycles. The molecule has 0 saturated heterocycles. The van der Waals surface area contributed by atoms with Crippen molar-refractivity contribution in [2.24, 2.45) is 0 Å². The summed E-state index contributed by atoms with van der Waals surface area (Å²) in [6.07, 6.45) is -0.720. The van der Waals surface area contributed by atoms with Gasteiger partial charge in [-0.2, -0.15) is 5.26 Å². The molecule has 0 aliphatic rings. The summed E-state index contributed by atoms with van der Waals surface area (Å²) in [7, 11) is 1.18. The summed E-state index contributed by atoms with van der Waals surface area (Å²) >= 11 is 0. The topological polar surface area (TPSA) is 147 Å². The van der Waals surface area contributed by atoms with E-state index in [1.807, 2.05) is 6.07 Å². The number of hydrogen-bond donors (Lipinski definition) is 3. The van der Waals surface area contributed by atoms with E-state index in [2.05, 4.69) is 20.7 Å². The van der Waals surface area contributed by atoms with Gasteiger partial charge in [-0.05, 0) is 41.0 Å². The fraction of sp³-hybridized carbons (Fsp3) is 0.706. The molecule has 10 nitrogen and oxygen atoms in total. The Morgan fingerprint density at radius 1 is 1.00 bits per heavy atom. The molecule has 0 aromatic heterocycles. The second kappa shape index (κ2) is 11.0. The SMILES string of the molecule is COC(=O)[C@H](C)NC(=O)[C@H](CCC#N)NC(=O)[C@H](C)NC(=O)OC(C)(C)C. The van der Waals surface area contributed by atoms with Crippen LogP contribution in [0.15, 0.2) is 0 Å². The fourth-order valence-electron chi connectivity index (χ4n) is 1.87. The number of esters is 1. The first-order chi connectivity index (χ1) is 12.4. The molecule has 0 rings (SSSR count). The third-order valence-electron chi connectivity index (χ3n) is 3.22. The number of nitriles is 1. The molecule has 0 spiro atoms. The van der Waals surface area contributed by atoms with Gasteiger partial charge in [0.05, 0.1) is 13.2 Å². The van der Waals surface area contributed by atoms with Crippen molar-refractivity contribution >= 4 is 23.9 Å². The molecule has 0 fully saturated rings. The van der Waals surface area contributed by atoms with Crippen LogP contribution in [0.2, 0.25) is 0 Å². The number of carbonyl (C=O) groups is 4. The molecule has 0 unspecified atom stereocenters. The van der Waals surface area contributed by atoms with E-state index < -0.39 is 47.6 Å². The van der Waals surface area contributed by atoms with Gasteiger partial charge in [-0.25, -0.2) is 9.59 Å². The Morgan fingerprint density at radius 2 is 1.59 bits per heavy atom. The number of ether oxygens (including phenoxy) is 2. The Kier molecular flexibility index (Phi) is 9.85. The lowest BCUT2D eigenvalue weighted by molar-refractivity contribution is -0.144. The summed E-state index contributed by atoms with van der Waals surface area (Å²) in [6, 6.07) is -1.05. The third-order valence-corrected chi connectivity index (χ3v) is 3.22. The highest BCUT2D eigenvalue weighted by atomic mass is 16.6. The van der Waals surface area contributed by atoms with Crippen molar-refractivity contribution in [1.82, 2.24) is 16.0 Å². The predicted molar refractivity (Wildman–Crippen MR) is 95.2 cm³/mol. The number of amides is 3. The summed E-state index contributed by atoms with van der Waals surface area (Å²) in [5.74, 6) is -1.92. The van der Waals surface area contributed by atoms with Gasteiger partial charge in [0.25, 0.3) is 0 Å². The maximum Gasteiger partial charge on any atom is 0.408 e. The van der Waals surface area contributed by atoms with Gasteiger partial charge in [-0.3, -0.25) is 9.59 Å². The van der Waals surface area contributed by atoms with Crippen LogP contribution >= 0.6 is 0 Å². The van der Waals surface area contributed by atoms with Crippen LogP contribution in [0.3, 0.4) is 0 Å². The van der Waals surface area contributed by atoms with Gasteiger partial charge >= 0.3 is 12.1 Å². The summed E-state index contributed by atoms with van der Waals surface area (Å²) in [6.45, 7) is 7.90. The van der Waals surface area contributed by atoms with Crippen molar-refractivity contribution in [1.29, 1.82) is 5.26 Å². The number of carbonyl (C=O) groups excluding carboxylic acids is 4. The van der Waals surface area contributed by atoms with E-state index in [-0.39, 0.29) is 12.8 Å². The number of nitrogens with one attached hydrogen (secondary N) is 3. The van der Waals surface area contributed by atoms with Crippen LogP contribution in [-0.2, 0) is 23.9 Å². The first-order valence-electron chi connectivity index (χ1n) is 8.46. The Hall–Kier alpha value is -2.83. The highest BCUT2D eigenvalue weighted by molar-refractivity contribution is 5.92. The van der Waals surface area contributed by atoms with Gasteiger partial charge in [0, 0.05) is 6.42 Å². The van der Waals surface area contributed by atoms with Crippen LogP contribution in [0, 0.1) is 11.3 Å². The molecule has 0 radical (unpaired) electrons. The van der Waals surface area contributed by atoms with Crippen LogP contribution in [0.5, 0.6) is 0 Å². The number of hydrogen-bond acceptors (Lipinski definition) is 7. The van der Waals surface area contributed by atoms with Gasteiger partial charge in [0.2, 0.25) is 11.8 Å². The molecule has 0 aliphatic carbocycles. The molecule has 10 heteroatoms. The smallest absolute Gasteiger partial charge is 0.408 e. The fourth-order valence-corrected chi connectivity index (χ4v) is 1.87. The lowest BCUT2D eigenvalue weighted by atomic mass is 10.1. The minimum absolute atomic E-state index is 0.0127. The molecule has 3 amide bonds. The lowest BCUT2D eigenvalue weighted by Crippen LogP contribution is -2.55. The molecular weight excluding hydrogens is 356 g/mol. The van der Waals surface area contributed by atoms with Crippen LogP contribution < -0.4 is 16.0 Å². The van der Waals surface area contributed by atoms with Crippen molar-refractivity contribution < 1.29 is 28.7 Å². The van der Waals surface area contributed by atoms with Crippen LogP contribution in [-0.4, -0.2) is 54.7 Å². The van der Waals surface area contributed by atoms with Crippen LogP contribution in [0.4, 0.5) is 4.79 Å². The van der Waals surface area contributed by atoms with E-state index in [9.17, 15) is 19.2 Å². The van der Waals surface area contributed by atoms with E-state index in [1.165, 1.54) is 21.0 Å². The number of alkyl carbamates (subject to hydrolysis) is 1. The van der Waals surface area contributed by atoms with E-state index in [1.54, 1.807) is 20.8 Å². The van der Waals surface area contributed by atoms with Crippen molar-refractivity contribution in [3.05, 3.63) is 0 Å². The van der Waals surface area contributed by atoms with Gasteiger partial charge < -0.3 is 25.4 Å². The van der Waals surface area contributed by atoms with Crippen molar-refractivity contribution in [3.8, 4) is 6.07 Å². The maximum atomic E-state index is 12.3. The average Bonchev–Trinajstić information content (AvgIpc) is 2.55. The zero-order valence-electron chi connectivity index (χ0n) is 16.5. The van der Waals surface area contributed by atoms with Crippen molar-refractivity contribution in [2.45, 2.75) is 71.2 Å². The Balaban J connectivity index is 4.89. The predicted octanol–water partition coefficient (Wildman–Crippen LogP) is 0.366. The van der Waals surface area contributed by atoms with Gasteiger partial charge in [0.1, 0.15) is 23.7 Å². The lowest BCUT2D eigenvalue weighted by Gasteiger charge is -2.23. The highest BCUT2D eigenvalue weighted by Crippen LogP contribution is 2.07. The summed E-state index contributed by atoms with van der Waals surface area (Å²) in [5.41, 5.74) is -0.723. The largest absolute Gasteiger partial charge is 0.467 e. The molecule has 27 heavy (non-hydrogen) atoms.